The molecule has 1 aromatic carbocycles. The second kappa shape index (κ2) is 10.8. The SMILES string of the molecule is COC(=O)C(CC(=O)N1CCC2(CC1)CC2)N1CCN(C(=O)/C=C/c2cccc(Cl)c2)CCC1=O. The first kappa shape index (κ1) is 25.2. The predicted molar refractivity (Wildman–Crippen MR) is 131 cm³/mol. The van der Waals surface area contributed by atoms with Gasteiger partial charge in [-0.2, -0.15) is 0 Å². The number of likely N-dealkylation sites (tertiary alicyclic amines) is 1. The Labute approximate surface area is 210 Å². The molecule has 1 aromatic rings. The lowest BCUT2D eigenvalue weighted by atomic mass is 9.93. The number of methoxy groups -OCH3 is 1. The molecule has 8 nitrogen and oxygen atoms in total. The summed E-state index contributed by atoms with van der Waals surface area (Å²) >= 11 is 5.99. The van der Waals surface area contributed by atoms with Crippen molar-refractivity contribution >= 4 is 41.4 Å². The van der Waals surface area contributed by atoms with E-state index in [4.69, 9.17) is 16.3 Å². The Balaban J connectivity index is 1.38. The summed E-state index contributed by atoms with van der Waals surface area (Å²) in [5.41, 5.74) is 1.24. The van der Waals surface area contributed by atoms with E-state index >= 15 is 0 Å². The zero-order valence-electron chi connectivity index (χ0n) is 20.1. The smallest absolute Gasteiger partial charge is 0.329 e. The zero-order chi connectivity index (χ0) is 25.0. The van der Waals surface area contributed by atoms with Crippen molar-refractivity contribution in [3.05, 3.63) is 40.9 Å². The monoisotopic (exact) mass is 501 g/mol. The third kappa shape index (κ3) is 6.23. The Bertz CT molecular complexity index is 1010. The van der Waals surface area contributed by atoms with Gasteiger partial charge in [0.25, 0.3) is 0 Å². The van der Waals surface area contributed by atoms with Crippen molar-refractivity contribution in [1.82, 2.24) is 14.7 Å². The van der Waals surface area contributed by atoms with Crippen molar-refractivity contribution in [3.63, 3.8) is 0 Å². The summed E-state index contributed by atoms with van der Waals surface area (Å²) in [5, 5.41) is 0.579. The summed E-state index contributed by atoms with van der Waals surface area (Å²) in [6, 6.07) is 6.16. The summed E-state index contributed by atoms with van der Waals surface area (Å²) in [6.07, 6.45) is 7.60. The number of benzene rings is 1. The fraction of sp³-hybridized carbons (Fsp3) is 0.538. The molecule has 3 aliphatic rings. The summed E-state index contributed by atoms with van der Waals surface area (Å²) in [5.74, 6) is -1.24. The van der Waals surface area contributed by atoms with Gasteiger partial charge < -0.3 is 19.4 Å². The maximum Gasteiger partial charge on any atom is 0.329 e. The van der Waals surface area contributed by atoms with Crippen LogP contribution in [0.3, 0.4) is 0 Å². The first-order chi connectivity index (χ1) is 16.8. The molecule has 188 valence electrons. The van der Waals surface area contributed by atoms with Crippen LogP contribution in [0.5, 0.6) is 0 Å². The van der Waals surface area contributed by atoms with Gasteiger partial charge >= 0.3 is 5.97 Å². The fourth-order valence-electron chi connectivity index (χ4n) is 4.93. The van der Waals surface area contributed by atoms with E-state index < -0.39 is 12.0 Å². The van der Waals surface area contributed by atoms with Gasteiger partial charge in [0.15, 0.2) is 0 Å². The second-order valence-electron chi connectivity index (χ2n) is 9.67. The number of hydrogen-bond acceptors (Lipinski definition) is 5. The van der Waals surface area contributed by atoms with Gasteiger partial charge in [0.2, 0.25) is 17.7 Å². The molecule has 3 amide bonds. The van der Waals surface area contributed by atoms with Crippen LogP contribution in [0, 0.1) is 5.41 Å². The van der Waals surface area contributed by atoms with Gasteiger partial charge in [-0.05, 0) is 54.9 Å². The molecule has 1 spiro atoms. The number of ether oxygens (including phenoxy) is 1. The third-order valence-corrected chi connectivity index (χ3v) is 7.69. The third-order valence-electron chi connectivity index (χ3n) is 7.46. The summed E-state index contributed by atoms with van der Waals surface area (Å²) in [6.45, 7) is 2.05. The Morgan fingerprint density at radius 2 is 1.80 bits per heavy atom. The van der Waals surface area contributed by atoms with Crippen LogP contribution in [-0.2, 0) is 23.9 Å². The number of esters is 1. The molecule has 2 saturated heterocycles. The number of rotatable bonds is 6. The summed E-state index contributed by atoms with van der Waals surface area (Å²) in [4.78, 5) is 56.1. The first-order valence-electron chi connectivity index (χ1n) is 12.2. The van der Waals surface area contributed by atoms with Crippen LogP contribution < -0.4 is 0 Å². The first-order valence-corrected chi connectivity index (χ1v) is 12.6. The molecule has 1 saturated carbocycles. The highest BCUT2D eigenvalue weighted by Gasteiger charge is 2.45. The van der Waals surface area contributed by atoms with Crippen LogP contribution in [-0.4, -0.2) is 84.3 Å². The Hall–Kier alpha value is -2.87. The van der Waals surface area contributed by atoms with Gasteiger partial charge in [-0.15, -0.1) is 0 Å². The van der Waals surface area contributed by atoms with E-state index in [9.17, 15) is 19.2 Å². The number of nitrogens with zero attached hydrogens (tertiary/aromatic N) is 3. The molecular weight excluding hydrogens is 470 g/mol. The van der Waals surface area contributed by atoms with E-state index in [0.29, 0.717) is 23.5 Å². The number of amides is 3. The molecule has 2 heterocycles. The van der Waals surface area contributed by atoms with Crippen LogP contribution >= 0.6 is 11.6 Å². The standard InChI is InChI=1S/C26H32ClN3O5/c1-35-25(34)21(18-24(33)29-13-10-26(8-9-26)11-14-29)30-16-15-28(12-7-23(30)32)22(31)6-5-19-3-2-4-20(27)17-19/h2-6,17,21H,7-16,18H2,1H3/b6-5+. The van der Waals surface area contributed by atoms with E-state index in [2.05, 4.69) is 0 Å². The molecule has 35 heavy (non-hydrogen) atoms. The van der Waals surface area contributed by atoms with Gasteiger partial charge in [-0.1, -0.05) is 23.7 Å². The van der Waals surface area contributed by atoms with E-state index in [0.717, 1.165) is 18.4 Å². The van der Waals surface area contributed by atoms with Gasteiger partial charge in [-0.3, -0.25) is 14.4 Å². The highest BCUT2D eigenvalue weighted by molar-refractivity contribution is 6.30. The van der Waals surface area contributed by atoms with Crippen molar-refractivity contribution in [3.8, 4) is 0 Å². The normalized spacial score (nSPS) is 20.6. The maximum absolute atomic E-state index is 13.0. The average Bonchev–Trinajstić information content (AvgIpc) is 3.64. The molecule has 0 aromatic heterocycles. The molecule has 4 rings (SSSR count). The zero-order valence-corrected chi connectivity index (χ0v) is 20.8. The minimum Gasteiger partial charge on any atom is -0.467 e. The topological polar surface area (TPSA) is 87.2 Å². The fourth-order valence-corrected chi connectivity index (χ4v) is 5.13. The van der Waals surface area contributed by atoms with Crippen molar-refractivity contribution in [2.45, 2.75) is 44.6 Å². The van der Waals surface area contributed by atoms with Crippen LogP contribution in [0.15, 0.2) is 30.3 Å². The van der Waals surface area contributed by atoms with E-state index in [-0.39, 0.29) is 50.2 Å². The van der Waals surface area contributed by atoms with E-state index in [1.165, 1.54) is 30.9 Å². The van der Waals surface area contributed by atoms with Gasteiger partial charge in [0.1, 0.15) is 6.04 Å². The molecule has 1 unspecified atom stereocenters. The Kier molecular flexibility index (Phi) is 7.79. The molecule has 1 aliphatic carbocycles. The Morgan fingerprint density at radius 1 is 1.06 bits per heavy atom. The highest BCUT2D eigenvalue weighted by Crippen LogP contribution is 2.53. The number of hydrogen-bond donors (Lipinski definition) is 0. The van der Waals surface area contributed by atoms with Gasteiger partial charge in [-0.25, -0.2) is 4.79 Å². The van der Waals surface area contributed by atoms with E-state index in [1.54, 1.807) is 34.1 Å². The second-order valence-corrected chi connectivity index (χ2v) is 10.1. The highest BCUT2D eigenvalue weighted by atomic mass is 35.5. The van der Waals surface area contributed by atoms with Crippen molar-refractivity contribution in [2.75, 3.05) is 39.8 Å². The van der Waals surface area contributed by atoms with Crippen LogP contribution in [0.2, 0.25) is 5.02 Å². The number of carbonyl (C=O) groups is 4. The molecule has 9 heteroatoms. The average molecular weight is 502 g/mol. The maximum atomic E-state index is 13.0. The quantitative estimate of drug-likeness (QED) is 0.442. The Morgan fingerprint density at radius 3 is 2.46 bits per heavy atom. The lowest BCUT2D eigenvalue weighted by Crippen LogP contribution is -2.50. The molecule has 3 fully saturated rings. The molecule has 0 radical (unpaired) electrons. The van der Waals surface area contributed by atoms with Gasteiger partial charge in [0, 0.05) is 50.2 Å². The van der Waals surface area contributed by atoms with Crippen LogP contribution in [0.4, 0.5) is 0 Å². The predicted octanol–water partition coefficient (Wildman–Crippen LogP) is 2.75. The van der Waals surface area contributed by atoms with Crippen LogP contribution in [0.25, 0.3) is 6.08 Å². The molecular formula is C26H32ClN3O5. The number of piperidine rings is 1. The minimum absolute atomic E-state index is 0.0741. The number of halogens is 1. The van der Waals surface area contributed by atoms with Crippen molar-refractivity contribution in [1.29, 1.82) is 0 Å². The molecule has 2 aliphatic heterocycles. The minimum atomic E-state index is -0.992. The van der Waals surface area contributed by atoms with Gasteiger partial charge in [0.05, 0.1) is 13.5 Å². The largest absolute Gasteiger partial charge is 0.467 e. The van der Waals surface area contributed by atoms with E-state index in [1.807, 2.05) is 6.07 Å². The van der Waals surface area contributed by atoms with Crippen molar-refractivity contribution < 1.29 is 23.9 Å². The molecule has 0 bridgehead atoms. The molecule has 1 atom stereocenters. The number of carbonyl (C=O) groups excluding carboxylic acids is 4. The summed E-state index contributed by atoms with van der Waals surface area (Å²) in [7, 11) is 1.26. The molecule has 0 N–H and O–H groups in total. The van der Waals surface area contributed by atoms with Crippen molar-refractivity contribution in [2.24, 2.45) is 5.41 Å². The van der Waals surface area contributed by atoms with Crippen LogP contribution in [0.1, 0.15) is 44.1 Å². The lowest BCUT2D eigenvalue weighted by molar-refractivity contribution is -0.155. The lowest BCUT2D eigenvalue weighted by Gasteiger charge is -2.34. The summed E-state index contributed by atoms with van der Waals surface area (Å²) < 4.78 is 4.95.